The number of carbonyl (C=O) groups is 2. The van der Waals surface area contributed by atoms with Gasteiger partial charge in [-0.1, -0.05) is 53.5 Å². The fourth-order valence-corrected chi connectivity index (χ4v) is 6.65. The molecule has 3 aromatic carbocycles. The Balaban J connectivity index is 1.38. The Morgan fingerprint density at radius 2 is 1.80 bits per heavy atom. The van der Waals surface area contributed by atoms with Crippen LogP contribution in [0.5, 0.6) is 0 Å². The Labute approximate surface area is 269 Å². The number of amides is 1. The summed E-state index contributed by atoms with van der Waals surface area (Å²) in [5.74, 6) is -0.974. The van der Waals surface area contributed by atoms with Gasteiger partial charge in [0.05, 0.1) is 42.0 Å². The molecule has 8 nitrogen and oxygen atoms in total. The van der Waals surface area contributed by atoms with E-state index in [9.17, 15) is 14.9 Å². The largest absolute Gasteiger partial charge is 0.468 e. The van der Waals surface area contributed by atoms with Crippen LogP contribution in [0.2, 0.25) is 10.0 Å². The number of nitrogens with zero attached hydrogens (tertiary/aromatic N) is 4. The second kappa shape index (κ2) is 15.2. The Morgan fingerprint density at radius 1 is 1.05 bits per heavy atom. The van der Waals surface area contributed by atoms with Gasteiger partial charge in [-0.05, 0) is 79.5 Å². The quantitative estimate of drug-likeness (QED) is 0.268. The molecule has 10 heteroatoms. The maximum Gasteiger partial charge on any atom is 0.325 e. The summed E-state index contributed by atoms with van der Waals surface area (Å²) in [6.45, 7) is 6.52. The van der Waals surface area contributed by atoms with Crippen molar-refractivity contribution in [3.05, 3.63) is 81.3 Å². The molecule has 2 aliphatic heterocycles. The number of benzene rings is 3. The van der Waals surface area contributed by atoms with Crippen LogP contribution in [0.1, 0.15) is 46.7 Å². The summed E-state index contributed by atoms with van der Waals surface area (Å²) in [6.07, 6.45) is 2.99. The van der Waals surface area contributed by atoms with Crippen molar-refractivity contribution < 1.29 is 19.1 Å². The van der Waals surface area contributed by atoms with Crippen LogP contribution in [-0.4, -0.2) is 98.8 Å². The molecule has 1 atom stereocenters. The lowest BCUT2D eigenvalue weighted by atomic mass is 9.93. The number of hydrogen-bond donors (Lipinski definition) is 0. The summed E-state index contributed by atoms with van der Waals surface area (Å²) in [5, 5.41) is 12.1. The lowest BCUT2D eigenvalue weighted by Crippen LogP contribution is -2.49. The highest BCUT2D eigenvalue weighted by Gasteiger charge is 2.29. The number of ether oxygens (including phenoxy) is 2. The zero-order valence-electron chi connectivity index (χ0n) is 25.0. The van der Waals surface area contributed by atoms with Crippen molar-refractivity contribution in [1.82, 2.24) is 14.7 Å². The lowest BCUT2D eigenvalue weighted by Gasteiger charge is -2.40. The molecule has 5 rings (SSSR count). The highest BCUT2D eigenvalue weighted by Crippen LogP contribution is 2.31. The minimum absolute atomic E-state index is 0.124. The van der Waals surface area contributed by atoms with E-state index >= 15 is 0 Å². The van der Waals surface area contributed by atoms with Gasteiger partial charge in [0.1, 0.15) is 6.54 Å². The number of fused-ring (bicyclic) bond motifs is 1. The maximum absolute atomic E-state index is 14.2. The van der Waals surface area contributed by atoms with Gasteiger partial charge in [-0.15, -0.1) is 0 Å². The van der Waals surface area contributed by atoms with E-state index in [1.165, 1.54) is 12.0 Å². The van der Waals surface area contributed by atoms with Gasteiger partial charge in [-0.2, -0.15) is 5.26 Å². The number of halogens is 2. The lowest BCUT2D eigenvalue weighted by molar-refractivity contribution is -0.141. The third-order valence-corrected chi connectivity index (χ3v) is 9.56. The Kier molecular flexibility index (Phi) is 11.1. The zero-order chi connectivity index (χ0) is 31.1. The van der Waals surface area contributed by atoms with E-state index < -0.39 is 5.97 Å². The van der Waals surface area contributed by atoms with Crippen LogP contribution in [0.15, 0.2) is 54.6 Å². The molecule has 0 bridgehead atoms. The molecule has 0 aromatic heterocycles. The Hall–Kier alpha value is -3.19. The van der Waals surface area contributed by atoms with Gasteiger partial charge in [0.25, 0.3) is 5.91 Å². The molecule has 232 valence electrons. The first-order chi connectivity index (χ1) is 21.4. The van der Waals surface area contributed by atoms with Crippen LogP contribution in [0, 0.1) is 11.3 Å². The van der Waals surface area contributed by atoms with Crippen molar-refractivity contribution in [2.45, 2.75) is 31.2 Å². The van der Waals surface area contributed by atoms with E-state index in [4.69, 9.17) is 32.7 Å². The van der Waals surface area contributed by atoms with Crippen molar-refractivity contribution in [2.24, 2.45) is 0 Å². The number of piperidine rings is 1. The summed E-state index contributed by atoms with van der Waals surface area (Å²) >= 11 is 12.7. The molecule has 2 aliphatic rings. The number of hydrogen-bond acceptors (Lipinski definition) is 7. The van der Waals surface area contributed by atoms with E-state index in [-0.39, 0.29) is 24.9 Å². The van der Waals surface area contributed by atoms with E-state index in [1.54, 1.807) is 18.2 Å². The third kappa shape index (κ3) is 7.90. The van der Waals surface area contributed by atoms with Crippen LogP contribution >= 0.6 is 23.2 Å². The number of methoxy groups -OCH3 is 1. The van der Waals surface area contributed by atoms with Crippen molar-refractivity contribution in [3.8, 4) is 6.07 Å². The standard InChI is InChI=1S/C34H38Cl2N4O4/c1-43-33(41)23-40(34(42)30-19-24(21-37)18-26-4-2-3-5-29(26)30)22-27(25-6-7-31(35)32(36)20-25)8-11-38-12-9-28(10-13-38)39-14-16-44-17-15-39/h2-7,18-20,27-28H,8-17,22-23H2,1H3/t27-/m1/s1. The van der Waals surface area contributed by atoms with E-state index in [0.717, 1.165) is 81.5 Å². The fraction of sp³-hybridized carbons (Fsp3) is 0.441. The summed E-state index contributed by atoms with van der Waals surface area (Å²) in [4.78, 5) is 33.4. The first-order valence-electron chi connectivity index (χ1n) is 15.1. The van der Waals surface area contributed by atoms with Crippen molar-refractivity contribution in [2.75, 3.05) is 66.1 Å². The Morgan fingerprint density at radius 3 is 2.50 bits per heavy atom. The van der Waals surface area contributed by atoms with Gasteiger partial charge >= 0.3 is 5.97 Å². The molecule has 0 saturated carbocycles. The molecule has 2 saturated heterocycles. The van der Waals surface area contributed by atoms with Gasteiger partial charge in [0.15, 0.2) is 0 Å². The van der Waals surface area contributed by atoms with Gasteiger partial charge < -0.3 is 19.3 Å². The molecule has 0 spiro atoms. The van der Waals surface area contributed by atoms with Crippen LogP contribution in [0.25, 0.3) is 10.8 Å². The second-order valence-electron chi connectivity index (χ2n) is 11.5. The van der Waals surface area contributed by atoms with Crippen LogP contribution in [-0.2, 0) is 14.3 Å². The first-order valence-corrected chi connectivity index (χ1v) is 15.9. The molecule has 2 fully saturated rings. The normalized spacial score (nSPS) is 17.2. The number of rotatable bonds is 10. The number of carbonyl (C=O) groups excluding carboxylic acids is 2. The molecule has 44 heavy (non-hydrogen) atoms. The molecular weight excluding hydrogens is 599 g/mol. The average molecular weight is 638 g/mol. The van der Waals surface area contributed by atoms with E-state index in [1.807, 2.05) is 36.4 Å². The van der Waals surface area contributed by atoms with Gasteiger partial charge in [0.2, 0.25) is 0 Å². The summed E-state index contributed by atoms with van der Waals surface area (Å²) in [6, 6.07) is 19.1. The zero-order valence-corrected chi connectivity index (χ0v) is 26.5. The number of esters is 1. The molecule has 0 unspecified atom stereocenters. The number of likely N-dealkylation sites (tertiary alicyclic amines) is 1. The molecule has 0 radical (unpaired) electrons. The Bertz CT molecular complexity index is 1510. The SMILES string of the molecule is COC(=O)CN(C[C@@H](CCN1CCC(N2CCOCC2)CC1)c1ccc(Cl)c(Cl)c1)C(=O)c1cc(C#N)cc2ccccc12. The molecular formula is C34H38Cl2N4O4. The van der Waals surface area contributed by atoms with Crippen LogP contribution in [0.3, 0.4) is 0 Å². The van der Waals surface area contributed by atoms with E-state index in [2.05, 4.69) is 15.9 Å². The predicted octanol–water partition coefficient (Wildman–Crippen LogP) is 5.60. The second-order valence-corrected chi connectivity index (χ2v) is 12.3. The number of morpholine rings is 1. The first kappa shape index (κ1) is 32.2. The van der Waals surface area contributed by atoms with Gasteiger partial charge in [-0.25, -0.2) is 0 Å². The smallest absolute Gasteiger partial charge is 0.325 e. The number of nitriles is 1. The summed E-state index contributed by atoms with van der Waals surface area (Å²) < 4.78 is 10.5. The van der Waals surface area contributed by atoms with Crippen molar-refractivity contribution in [1.29, 1.82) is 5.26 Å². The molecule has 0 N–H and O–H groups in total. The molecule has 0 aliphatic carbocycles. The maximum atomic E-state index is 14.2. The minimum atomic E-state index is -0.517. The van der Waals surface area contributed by atoms with Crippen LogP contribution in [0.4, 0.5) is 0 Å². The van der Waals surface area contributed by atoms with Crippen LogP contribution < -0.4 is 0 Å². The highest BCUT2D eigenvalue weighted by molar-refractivity contribution is 6.42. The third-order valence-electron chi connectivity index (χ3n) is 8.82. The van der Waals surface area contributed by atoms with Crippen molar-refractivity contribution in [3.63, 3.8) is 0 Å². The summed E-state index contributed by atoms with van der Waals surface area (Å²) in [5.41, 5.74) is 1.70. The van der Waals surface area contributed by atoms with Crippen molar-refractivity contribution >= 4 is 45.9 Å². The van der Waals surface area contributed by atoms with Gasteiger partial charge in [0, 0.05) is 37.2 Å². The van der Waals surface area contributed by atoms with Gasteiger partial charge in [-0.3, -0.25) is 14.5 Å². The summed E-state index contributed by atoms with van der Waals surface area (Å²) in [7, 11) is 1.31. The molecule has 2 heterocycles. The molecule has 1 amide bonds. The average Bonchev–Trinajstić information content (AvgIpc) is 3.07. The highest BCUT2D eigenvalue weighted by atomic mass is 35.5. The molecule has 3 aromatic rings. The van der Waals surface area contributed by atoms with E-state index in [0.29, 0.717) is 27.2 Å². The fourth-order valence-electron chi connectivity index (χ4n) is 6.35. The predicted molar refractivity (Wildman–Crippen MR) is 172 cm³/mol. The topological polar surface area (TPSA) is 86.1 Å². The minimum Gasteiger partial charge on any atom is -0.468 e. The monoisotopic (exact) mass is 636 g/mol.